The molecule has 0 N–H and O–H groups in total. The summed E-state index contributed by atoms with van der Waals surface area (Å²) in [6, 6.07) is 0. The van der Waals surface area contributed by atoms with Crippen LogP contribution >= 0.6 is 0 Å². The molecule has 0 aromatic rings. The summed E-state index contributed by atoms with van der Waals surface area (Å²) < 4.78 is 8.83. The van der Waals surface area contributed by atoms with Gasteiger partial charge in [-0.25, -0.2) is 0 Å². The average Bonchev–Trinajstić information content (AvgIpc) is 2.76. The van der Waals surface area contributed by atoms with Crippen molar-refractivity contribution in [1.29, 1.82) is 0 Å². The Labute approximate surface area is 70.8 Å². The van der Waals surface area contributed by atoms with Crippen LogP contribution < -0.4 is 0 Å². The summed E-state index contributed by atoms with van der Waals surface area (Å²) in [6.45, 7) is 3.36. The third-order valence-electron chi connectivity index (χ3n) is 1.90. The zero-order valence-electron chi connectivity index (χ0n) is 6.99. The predicted molar refractivity (Wildman–Crippen MR) is 40.2 cm³/mol. The van der Waals surface area contributed by atoms with Crippen molar-refractivity contribution < 1.29 is 19.1 Å². The van der Waals surface area contributed by atoms with Gasteiger partial charge in [0.1, 0.15) is 0 Å². The molecule has 0 amide bonds. The van der Waals surface area contributed by atoms with Gasteiger partial charge < -0.3 is 9.47 Å². The van der Waals surface area contributed by atoms with Gasteiger partial charge in [-0.2, -0.15) is 0 Å². The average molecular weight is 172 g/mol. The number of rotatable bonds is 2. The lowest BCUT2D eigenvalue weighted by Gasteiger charge is -1.89. The van der Waals surface area contributed by atoms with Gasteiger partial charge in [0.15, 0.2) is 0 Å². The van der Waals surface area contributed by atoms with Gasteiger partial charge in [-0.15, -0.1) is 0 Å². The van der Waals surface area contributed by atoms with Gasteiger partial charge in [-0.3, -0.25) is 9.59 Å². The number of ether oxygens (including phenoxy) is 2. The van der Waals surface area contributed by atoms with Crippen LogP contribution in [0.1, 0.15) is 13.3 Å². The molecule has 1 saturated carbocycles. The fraction of sp³-hybridized carbons (Fsp3) is 0.750. The topological polar surface area (TPSA) is 52.6 Å². The molecule has 2 rings (SSSR count). The van der Waals surface area contributed by atoms with Gasteiger partial charge in [-0.05, 0) is 13.3 Å². The molecule has 68 valence electrons. The van der Waals surface area contributed by atoms with E-state index in [-0.39, 0.29) is 5.97 Å². The maximum absolute atomic E-state index is 10.4. The molecule has 0 spiro atoms. The van der Waals surface area contributed by atoms with E-state index in [1.807, 2.05) is 0 Å². The van der Waals surface area contributed by atoms with E-state index in [1.54, 1.807) is 6.92 Å². The first-order chi connectivity index (χ1) is 5.79. The Balaban J connectivity index is 0.000000130. The quantitative estimate of drug-likeness (QED) is 0.445. The van der Waals surface area contributed by atoms with E-state index >= 15 is 0 Å². The molecule has 12 heavy (non-hydrogen) atoms. The number of esters is 1. The normalized spacial score (nSPS) is 29.2. The summed E-state index contributed by atoms with van der Waals surface area (Å²) in [5.74, 6) is 0.970. The van der Waals surface area contributed by atoms with Gasteiger partial charge >= 0.3 is 5.97 Å². The van der Waals surface area contributed by atoms with Crippen LogP contribution in [0.3, 0.4) is 0 Å². The van der Waals surface area contributed by atoms with E-state index in [4.69, 9.17) is 0 Å². The van der Waals surface area contributed by atoms with Gasteiger partial charge in [0.25, 0.3) is 6.47 Å². The van der Waals surface area contributed by atoms with Crippen LogP contribution in [-0.4, -0.2) is 25.7 Å². The summed E-state index contributed by atoms with van der Waals surface area (Å²) in [5, 5.41) is 0. The summed E-state index contributed by atoms with van der Waals surface area (Å²) in [6.07, 6.45) is 1.10. The second-order valence-corrected chi connectivity index (χ2v) is 2.78. The first kappa shape index (κ1) is 9.03. The number of hydrogen-bond donors (Lipinski definition) is 0. The highest BCUT2D eigenvalue weighted by molar-refractivity contribution is 5.78. The van der Waals surface area contributed by atoms with Crippen molar-refractivity contribution in [2.45, 2.75) is 13.3 Å². The maximum Gasteiger partial charge on any atom is 0.309 e. The molecular weight excluding hydrogens is 160 g/mol. The van der Waals surface area contributed by atoms with Gasteiger partial charge in [0, 0.05) is 5.92 Å². The lowest BCUT2D eigenvalue weighted by molar-refractivity contribution is -0.141. The van der Waals surface area contributed by atoms with Crippen LogP contribution in [0.5, 0.6) is 0 Å². The van der Waals surface area contributed by atoms with Crippen LogP contribution in [0.4, 0.5) is 0 Å². The fourth-order valence-electron chi connectivity index (χ4n) is 1.08. The second-order valence-electron chi connectivity index (χ2n) is 2.78. The zero-order chi connectivity index (χ0) is 8.97. The molecule has 2 fully saturated rings. The van der Waals surface area contributed by atoms with Crippen molar-refractivity contribution in [2.24, 2.45) is 11.8 Å². The summed E-state index contributed by atoms with van der Waals surface area (Å²) in [4.78, 5) is 19.6. The predicted octanol–water partition coefficient (Wildman–Crippen LogP) is 0.359. The van der Waals surface area contributed by atoms with Crippen LogP contribution in [0.15, 0.2) is 0 Å². The maximum atomic E-state index is 10.4. The van der Waals surface area contributed by atoms with E-state index in [0.717, 1.165) is 6.42 Å². The van der Waals surface area contributed by atoms with Crippen molar-refractivity contribution in [3.05, 3.63) is 0 Å². The van der Waals surface area contributed by atoms with Crippen LogP contribution in [0, 0.1) is 11.8 Å². The minimum Gasteiger partial charge on any atom is -0.468 e. The second kappa shape index (κ2) is 4.09. The molecule has 1 saturated heterocycles. The lowest BCUT2D eigenvalue weighted by Crippen LogP contribution is -1.97. The van der Waals surface area contributed by atoms with Crippen molar-refractivity contribution in [3.63, 3.8) is 0 Å². The number of hydrogen-bond acceptors (Lipinski definition) is 4. The van der Waals surface area contributed by atoms with Crippen molar-refractivity contribution in [3.8, 4) is 0 Å². The molecule has 4 nitrogen and oxygen atoms in total. The number of carbonyl (C=O) groups excluding carboxylic acids is 2. The summed E-state index contributed by atoms with van der Waals surface area (Å²) >= 11 is 0. The Morgan fingerprint density at radius 1 is 1.75 bits per heavy atom. The van der Waals surface area contributed by atoms with Gasteiger partial charge in [0.05, 0.1) is 19.1 Å². The Bertz CT molecular complexity index is 178. The molecule has 4 heteroatoms. The van der Waals surface area contributed by atoms with E-state index in [2.05, 4.69) is 9.47 Å². The molecule has 2 atom stereocenters. The minimum absolute atomic E-state index is 0.0324. The molecule has 0 aromatic carbocycles. The molecule has 2 aliphatic rings. The Morgan fingerprint density at radius 2 is 2.50 bits per heavy atom. The zero-order valence-corrected chi connectivity index (χ0v) is 6.99. The van der Waals surface area contributed by atoms with Gasteiger partial charge in [0.2, 0.25) is 0 Å². The minimum atomic E-state index is 0.0324. The van der Waals surface area contributed by atoms with Crippen LogP contribution in [0.25, 0.3) is 0 Å². The Morgan fingerprint density at radius 3 is 2.58 bits per heavy atom. The van der Waals surface area contributed by atoms with Gasteiger partial charge in [-0.1, -0.05) is 0 Å². The fourth-order valence-corrected chi connectivity index (χ4v) is 1.08. The molecule has 0 unspecified atom stereocenters. The smallest absolute Gasteiger partial charge is 0.309 e. The largest absolute Gasteiger partial charge is 0.468 e. The summed E-state index contributed by atoms with van der Waals surface area (Å²) in [5.41, 5.74) is 0. The van der Waals surface area contributed by atoms with Crippen LogP contribution in [-0.2, 0) is 19.1 Å². The van der Waals surface area contributed by atoms with E-state index in [0.29, 0.717) is 31.5 Å². The molecule has 1 aliphatic carbocycles. The molecule has 1 heterocycles. The highest BCUT2D eigenvalue weighted by atomic mass is 16.5. The third kappa shape index (κ3) is 2.22. The molecule has 0 radical (unpaired) electrons. The Kier molecular flexibility index (Phi) is 3.08. The lowest BCUT2D eigenvalue weighted by atomic mass is 10.4. The molecule has 0 bridgehead atoms. The van der Waals surface area contributed by atoms with E-state index in [1.165, 1.54) is 0 Å². The first-order valence-electron chi connectivity index (χ1n) is 4.01. The molecule has 1 aliphatic heterocycles. The Hall–Kier alpha value is -1.06. The number of cyclic esters (lactones) is 1. The number of fused-ring (bicyclic) bond motifs is 1. The van der Waals surface area contributed by atoms with E-state index in [9.17, 15) is 9.59 Å². The van der Waals surface area contributed by atoms with Crippen LogP contribution in [0.2, 0.25) is 0 Å². The highest BCUT2D eigenvalue weighted by Gasteiger charge is 2.50. The number of carbonyl (C=O) groups is 2. The monoisotopic (exact) mass is 172 g/mol. The van der Waals surface area contributed by atoms with Crippen molar-refractivity contribution in [2.75, 3.05) is 13.2 Å². The SMILES string of the molecule is CCOC=O.O=C1OC[C@H]2C[C@@H]12. The molecular formula is C8H12O4. The third-order valence-corrected chi connectivity index (χ3v) is 1.90. The first-order valence-corrected chi connectivity index (χ1v) is 4.01. The van der Waals surface area contributed by atoms with E-state index < -0.39 is 0 Å². The summed E-state index contributed by atoms with van der Waals surface area (Å²) in [7, 11) is 0. The van der Waals surface area contributed by atoms with Crippen molar-refractivity contribution in [1.82, 2.24) is 0 Å². The molecule has 0 aromatic heterocycles. The van der Waals surface area contributed by atoms with Crippen molar-refractivity contribution >= 4 is 12.4 Å². The standard InChI is InChI=1S/C5H6O2.C3H6O2/c6-5-4-1-3(4)2-7-5;1-2-5-3-4/h3-4H,1-2H2;3H,2H2,1H3/t3-,4-;/m1./s1. The highest BCUT2D eigenvalue weighted by Crippen LogP contribution is 2.44.